The molecule has 2 aromatic carbocycles. The molecule has 5 atom stereocenters. The molecular formula is C28H40O4Si. The van der Waals surface area contributed by atoms with Crippen LogP contribution in [0.15, 0.2) is 60.7 Å². The lowest BCUT2D eigenvalue weighted by molar-refractivity contribution is -0.320. The molecule has 1 heterocycles. The molecule has 0 radical (unpaired) electrons. The van der Waals surface area contributed by atoms with Crippen LogP contribution in [0.3, 0.4) is 0 Å². The SMILES string of the molecule is C[C@@H]([C@@H]1OC(C)(C)O[C@@H](C=O)[C@H]1C)[C@H](C)O[Si](c1ccccc1)(c1ccccc1)C(C)(C)C. The van der Waals surface area contributed by atoms with Crippen LogP contribution < -0.4 is 10.4 Å². The lowest BCUT2D eigenvalue weighted by Crippen LogP contribution is -2.68. The van der Waals surface area contributed by atoms with Gasteiger partial charge in [0.15, 0.2) is 5.79 Å². The fourth-order valence-corrected chi connectivity index (χ4v) is 9.95. The van der Waals surface area contributed by atoms with Crippen molar-refractivity contribution in [1.29, 1.82) is 0 Å². The van der Waals surface area contributed by atoms with Gasteiger partial charge in [-0.15, -0.1) is 0 Å². The summed E-state index contributed by atoms with van der Waals surface area (Å²) in [6.45, 7) is 17.0. The standard InChI is InChI=1S/C28H40O4Si/c1-20(26-21(2)25(19-29)30-28(7,8)31-26)22(3)32-33(27(4,5)6,23-15-11-9-12-16-23)24-17-13-10-14-18-24/h9-22,25-26H,1-8H3/t20-,21-,22+,25+,26+/m1/s1. The summed E-state index contributed by atoms with van der Waals surface area (Å²) in [7, 11) is -2.68. The first-order valence-electron chi connectivity index (χ1n) is 12.0. The minimum absolute atomic E-state index is 0.0595. The van der Waals surface area contributed by atoms with Crippen molar-refractivity contribution in [1.82, 2.24) is 0 Å². The molecule has 5 heteroatoms. The maximum absolute atomic E-state index is 11.7. The first-order valence-corrected chi connectivity index (χ1v) is 13.9. The monoisotopic (exact) mass is 468 g/mol. The molecule has 0 unspecified atom stereocenters. The van der Waals surface area contributed by atoms with Gasteiger partial charge >= 0.3 is 0 Å². The van der Waals surface area contributed by atoms with Crippen molar-refractivity contribution in [2.24, 2.45) is 11.8 Å². The Morgan fingerprint density at radius 1 is 0.939 bits per heavy atom. The van der Waals surface area contributed by atoms with Crippen LogP contribution in [0.1, 0.15) is 55.4 Å². The van der Waals surface area contributed by atoms with Crippen molar-refractivity contribution in [2.75, 3.05) is 0 Å². The van der Waals surface area contributed by atoms with Gasteiger partial charge in [-0.05, 0) is 36.2 Å². The van der Waals surface area contributed by atoms with E-state index in [1.165, 1.54) is 10.4 Å². The van der Waals surface area contributed by atoms with Gasteiger partial charge in [0.05, 0.1) is 6.10 Å². The Kier molecular flexibility index (Phi) is 7.69. The van der Waals surface area contributed by atoms with Crippen LogP contribution in [0, 0.1) is 11.8 Å². The quantitative estimate of drug-likeness (QED) is 0.426. The normalized spacial score (nSPS) is 25.3. The average molecular weight is 469 g/mol. The zero-order valence-electron chi connectivity index (χ0n) is 21.4. The number of hydrogen-bond acceptors (Lipinski definition) is 4. The fraction of sp³-hybridized carbons (Fsp3) is 0.536. The summed E-state index contributed by atoms with van der Waals surface area (Å²) >= 11 is 0. The number of rotatable bonds is 7. The average Bonchev–Trinajstić information content (AvgIpc) is 2.78. The summed E-state index contributed by atoms with van der Waals surface area (Å²) in [5.41, 5.74) is 0. The second kappa shape index (κ2) is 9.83. The highest BCUT2D eigenvalue weighted by atomic mass is 28.4. The Morgan fingerprint density at radius 2 is 1.42 bits per heavy atom. The molecule has 0 spiro atoms. The van der Waals surface area contributed by atoms with Crippen LogP contribution in [0.25, 0.3) is 0 Å². The van der Waals surface area contributed by atoms with Crippen molar-refractivity contribution in [3.8, 4) is 0 Å². The Hall–Kier alpha value is -1.79. The van der Waals surface area contributed by atoms with Crippen LogP contribution in [0.2, 0.25) is 5.04 Å². The van der Waals surface area contributed by atoms with Gasteiger partial charge in [-0.2, -0.15) is 0 Å². The third-order valence-electron chi connectivity index (χ3n) is 7.05. The molecular weight excluding hydrogens is 428 g/mol. The number of hydrogen-bond donors (Lipinski definition) is 0. The first-order chi connectivity index (χ1) is 15.4. The lowest BCUT2D eigenvalue weighted by Gasteiger charge is -2.49. The lowest BCUT2D eigenvalue weighted by atomic mass is 9.85. The smallest absolute Gasteiger partial charge is 0.261 e. The minimum Gasteiger partial charge on any atom is -0.404 e. The van der Waals surface area contributed by atoms with E-state index in [0.717, 1.165) is 6.29 Å². The van der Waals surface area contributed by atoms with Gasteiger partial charge in [0.1, 0.15) is 12.4 Å². The maximum Gasteiger partial charge on any atom is 0.261 e. The molecule has 0 aromatic heterocycles. The Balaban J connectivity index is 2.04. The highest BCUT2D eigenvalue weighted by molar-refractivity contribution is 6.99. The Bertz CT molecular complexity index is 867. The van der Waals surface area contributed by atoms with Crippen LogP contribution >= 0.6 is 0 Å². The number of carbonyl (C=O) groups is 1. The molecule has 0 N–H and O–H groups in total. The zero-order valence-corrected chi connectivity index (χ0v) is 22.4. The van der Waals surface area contributed by atoms with Crippen molar-refractivity contribution in [3.05, 3.63) is 60.7 Å². The van der Waals surface area contributed by atoms with Crippen molar-refractivity contribution in [2.45, 2.75) is 84.5 Å². The summed E-state index contributed by atoms with van der Waals surface area (Å²) in [4.78, 5) is 11.7. The van der Waals surface area contributed by atoms with E-state index in [1.807, 2.05) is 20.8 Å². The number of carbonyl (C=O) groups excluding carboxylic acids is 1. The molecule has 1 aliphatic rings. The number of aldehydes is 1. The van der Waals surface area contributed by atoms with Crippen LogP contribution in [0.5, 0.6) is 0 Å². The summed E-state index contributed by atoms with van der Waals surface area (Å²) in [6.07, 6.45) is 0.172. The third-order valence-corrected chi connectivity index (χ3v) is 12.2. The molecule has 0 saturated carbocycles. The van der Waals surface area contributed by atoms with Crippen LogP contribution in [-0.2, 0) is 18.7 Å². The summed E-state index contributed by atoms with van der Waals surface area (Å²) in [6, 6.07) is 21.4. The van der Waals surface area contributed by atoms with Gasteiger partial charge in [-0.25, -0.2) is 0 Å². The first kappa shape index (κ1) is 25.8. The van der Waals surface area contributed by atoms with E-state index in [2.05, 4.69) is 95.3 Å². The molecule has 180 valence electrons. The van der Waals surface area contributed by atoms with Crippen molar-refractivity contribution >= 4 is 25.0 Å². The van der Waals surface area contributed by atoms with E-state index in [9.17, 15) is 4.79 Å². The van der Waals surface area contributed by atoms with E-state index >= 15 is 0 Å². The van der Waals surface area contributed by atoms with Crippen LogP contribution in [-0.4, -0.2) is 38.7 Å². The van der Waals surface area contributed by atoms with Gasteiger partial charge in [-0.1, -0.05) is 95.3 Å². The highest BCUT2D eigenvalue weighted by Crippen LogP contribution is 2.40. The van der Waals surface area contributed by atoms with Gasteiger partial charge in [0, 0.05) is 17.9 Å². The van der Waals surface area contributed by atoms with E-state index in [1.54, 1.807) is 0 Å². The predicted molar refractivity (Wildman–Crippen MR) is 136 cm³/mol. The molecule has 0 bridgehead atoms. The molecule has 0 aliphatic carbocycles. The molecule has 1 fully saturated rings. The number of benzene rings is 2. The van der Waals surface area contributed by atoms with Crippen molar-refractivity contribution < 1.29 is 18.7 Å². The Morgan fingerprint density at radius 3 is 1.85 bits per heavy atom. The predicted octanol–water partition coefficient (Wildman–Crippen LogP) is 4.94. The Labute approximate surface area is 200 Å². The van der Waals surface area contributed by atoms with E-state index in [4.69, 9.17) is 13.9 Å². The zero-order chi connectivity index (χ0) is 24.4. The molecule has 1 aliphatic heterocycles. The van der Waals surface area contributed by atoms with Gasteiger partial charge in [0.2, 0.25) is 0 Å². The molecule has 2 aromatic rings. The molecule has 0 amide bonds. The van der Waals surface area contributed by atoms with E-state index in [-0.39, 0.29) is 29.1 Å². The topological polar surface area (TPSA) is 44.8 Å². The van der Waals surface area contributed by atoms with Gasteiger partial charge in [0.25, 0.3) is 8.32 Å². The van der Waals surface area contributed by atoms with Crippen LogP contribution in [0.4, 0.5) is 0 Å². The molecule has 33 heavy (non-hydrogen) atoms. The minimum atomic E-state index is -2.68. The number of ether oxygens (including phenoxy) is 2. The maximum atomic E-state index is 11.7. The molecule has 1 saturated heterocycles. The summed E-state index contributed by atoms with van der Waals surface area (Å²) < 4.78 is 19.5. The largest absolute Gasteiger partial charge is 0.404 e. The molecule has 3 rings (SSSR count). The summed E-state index contributed by atoms with van der Waals surface area (Å²) in [5.74, 6) is -0.809. The third kappa shape index (κ3) is 5.17. The van der Waals surface area contributed by atoms with Gasteiger partial charge < -0.3 is 18.7 Å². The second-order valence-electron chi connectivity index (χ2n) is 10.9. The van der Waals surface area contributed by atoms with E-state index in [0.29, 0.717) is 0 Å². The fourth-order valence-electron chi connectivity index (χ4n) is 5.17. The van der Waals surface area contributed by atoms with Crippen molar-refractivity contribution in [3.63, 3.8) is 0 Å². The molecule has 4 nitrogen and oxygen atoms in total. The second-order valence-corrected chi connectivity index (χ2v) is 15.2. The highest BCUT2D eigenvalue weighted by Gasteiger charge is 2.52. The van der Waals surface area contributed by atoms with E-state index < -0.39 is 20.2 Å². The summed E-state index contributed by atoms with van der Waals surface area (Å²) in [5, 5.41) is 2.42. The van der Waals surface area contributed by atoms with Gasteiger partial charge in [-0.3, -0.25) is 0 Å².